The first-order valence-corrected chi connectivity index (χ1v) is 6.99. The summed E-state index contributed by atoms with van der Waals surface area (Å²) in [5, 5.41) is 12.8. The number of halogens is 1. The summed E-state index contributed by atoms with van der Waals surface area (Å²) in [5.74, 6) is -0.940. The van der Waals surface area contributed by atoms with Gasteiger partial charge in [-0.25, -0.2) is 4.79 Å². The van der Waals surface area contributed by atoms with Crippen molar-refractivity contribution in [2.24, 2.45) is 0 Å². The molecule has 0 aliphatic heterocycles. The van der Waals surface area contributed by atoms with Crippen molar-refractivity contribution >= 4 is 23.3 Å². The number of carboxylic acid groups (broad SMARTS) is 1. The minimum absolute atomic E-state index is 0.0136. The van der Waals surface area contributed by atoms with Gasteiger partial charge >= 0.3 is 5.97 Å². The van der Waals surface area contributed by atoms with E-state index in [1.54, 1.807) is 6.08 Å². The second-order valence-electron chi connectivity index (χ2n) is 4.59. The number of para-hydroxylation sites is 1. The maximum absolute atomic E-state index is 10.6. The summed E-state index contributed by atoms with van der Waals surface area (Å²) in [4.78, 5) is 10.6. The number of hydrogen-bond acceptors (Lipinski definition) is 2. The van der Waals surface area contributed by atoms with Gasteiger partial charge in [0.25, 0.3) is 0 Å². The van der Waals surface area contributed by atoms with E-state index in [-0.39, 0.29) is 6.04 Å². The van der Waals surface area contributed by atoms with Crippen LogP contribution in [0.1, 0.15) is 18.0 Å². The first kappa shape index (κ1) is 15.1. The molecule has 2 aromatic carbocycles. The summed E-state index contributed by atoms with van der Waals surface area (Å²) >= 11 is 5.91. The molecule has 3 nitrogen and oxygen atoms in total. The van der Waals surface area contributed by atoms with Gasteiger partial charge in [-0.15, -0.1) is 0 Å². The normalized spacial score (nSPS) is 12.2. The molecule has 2 aromatic rings. The molecule has 21 heavy (non-hydrogen) atoms. The second kappa shape index (κ2) is 7.50. The van der Waals surface area contributed by atoms with E-state index in [9.17, 15) is 4.79 Å². The molecule has 0 amide bonds. The van der Waals surface area contributed by atoms with Gasteiger partial charge in [0.15, 0.2) is 0 Å². The van der Waals surface area contributed by atoms with Crippen LogP contribution in [-0.4, -0.2) is 11.1 Å². The molecule has 0 saturated heterocycles. The fraction of sp³-hybridized carbons (Fsp3) is 0.118. The summed E-state index contributed by atoms with van der Waals surface area (Å²) in [6.07, 6.45) is 3.38. The molecule has 0 fully saturated rings. The van der Waals surface area contributed by atoms with Gasteiger partial charge in [-0.3, -0.25) is 0 Å². The molecule has 0 spiro atoms. The van der Waals surface area contributed by atoms with E-state index in [2.05, 4.69) is 5.32 Å². The molecule has 2 N–H and O–H groups in total. The first-order valence-electron chi connectivity index (χ1n) is 6.61. The second-order valence-corrected chi connectivity index (χ2v) is 5.03. The number of benzene rings is 2. The molecule has 0 aromatic heterocycles. The summed E-state index contributed by atoms with van der Waals surface area (Å²) in [6.45, 7) is 0. The molecule has 1 unspecified atom stereocenters. The fourth-order valence-corrected chi connectivity index (χ4v) is 2.14. The Morgan fingerprint density at radius 3 is 2.43 bits per heavy atom. The molecular weight excluding hydrogens is 286 g/mol. The van der Waals surface area contributed by atoms with Crippen molar-refractivity contribution in [3.63, 3.8) is 0 Å². The number of carbonyl (C=O) groups is 1. The molecular formula is C17H16ClNO2. The highest BCUT2D eigenvalue weighted by Gasteiger charge is 2.10. The van der Waals surface area contributed by atoms with Crippen molar-refractivity contribution in [1.29, 1.82) is 0 Å². The largest absolute Gasteiger partial charge is 0.478 e. The average molecular weight is 302 g/mol. The van der Waals surface area contributed by atoms with E-state index in [1.807, 2.05) is 54.6 Å². The van der Waals surface area contributed by atoms with Crippen LogP contribution in [0.15, 0.2) is 66.7 Å². The Bertz CT molecular complexity index is 608. The zero-order chi connectivity index (χ0) is 15.1. The fourth-order valence-electron chi connectivity index (χ4n) is 2.01. The number of nitrogens with one attached hydrogen (secondary N) is 1. The minimum atomic E-state index is -0.940. The zero-order valence-corrected chi connectivity index (χ0v) is 12.1. The standard InChI is InChI=1S/C17H16ClNO2/c18-14-11-9-13(10-12-14)16(7-4-8-17(20)21)19-15-5-2-1-3-6-15/h1-6,8-12,16,19H,7H2,(H,20,21)/b8-4+. The molecule has 108 valence electrons. The summed E-state index contributed by atoms with van der Waals surface area (Å²) in [6, 6.07) is 17.3. The highest BCUT2D eigenvalue weighted by molar-refractivity contribution is 6.30. The third-order valence-corrected chi connectivity index (χ3v) is 3.27. The maximum atomic E-state index is 10.6. The van der Waals surface area contributed by atoms with E-state index in [0.717, 1.165) is 17.3 Å². The van der Waals surface area contributed by atoms with Gasteiger partial charge in [-0.05, 0) is 36.2 Å². The van der Waals surface area contributed by atoms with Crippen molar-refractivity contribution < 1.29 is 9.90 Å². The summed E-state index contributed by atoms with van der Waals surface area (Å²) in [7, 11) is 0. The third kappa shape index (κ3) is 4.97. The van der Waals surface area contributed by atoms with Crippen molar-refractivity contribution in [2.75, 3.05) is 5.32 Å². The molecule has 4 heteroatoms. The maximum Gasteiger partial charge on any atom is 0.327 e. The molecule has 0 aliphatic rings. The van der Waals surface area contributed by atoms with E-state index < -0.39 is 5.97 Å². The van der Waals surface area contributed by atoms with Crippen molar-refractivity contribution in [3.05, 3.63) is 77.3 Å². The highest BCUT2D eigenvalue weighted by Crippen LogP contribution is 2.24. The smallest absolute Gasteiger partial charge is 0.327 e. The van der Waals surface area contributed by atoms with Gasteiger partial charge in [-0.2, -0.15) is 0 Å². The molecule has 2 rings (SSSR count). The Morgan fingerprint density at radius 2 is 1.81 bits per heavy atom. The molecule has 0 aliphatic carbocycles. The number of rotatable bonds is 6. The Kier molecular flexibility index (Phi) is 5.41. The van der Waals surface area contributed by atoms with Crippen molar-refractivity contribution in [2.45, 2.75) is 12.5 Å². The van der Waals surface area contributed by atoms with Crippen molar-refractivity contribution in [1.82, 2.24) is 0 Å². The Hall–Kier alpha value is -2.26. The molecule has 0 heterocycles. The van der Waals surface area contributed by atoms with E-state index in [0.29, 0.717) is 11.4 Å². The average Bonchev–Trinajstić information content (AvgIpc) is 2.48. The van der Waals surface area contributed by atoms with Crippen LogP contribution >= 0.6 is 11.6 Å². The van der Waals surface area contributed by atoms with Crippen LogP contribution in [0.4, 0.5) is 5.69 Å². The quantitative estimate of drug-likeness (QED) is 0.771. The van der Waals surface area contributed by atoms with E-state index in [4.69, 9.17) is 16.7 Å². The monoisotopic (exact) mass is 301 g/mol. The third-order valence-electron chi connectivity index (χ3n) is 3.02. The number of anilines is 1. The Balaban J connectivity index is 2.17. The zero-order valence-electron chi connectivity index (χ0n) is 11.4. The van der Waals surface area contributed by atoms with Gasteiger partial charge in [-0.1, -0.05) is 48.0 Å². The minimum Gasteiger partial charge on any atom is -0.478 e. The summed E-state index contributed by atoms with van der Waals surface area (Å²) in [5.41, 5.74) is 2.04. The number of carboxylic acids is 1. The van der Waals surface area contributed by atoms with Gasteiger partial charge in [0.2, 0.25) is 0 Å². The van der Waals surface area contributed by atoms with Gasteiger partial charge in [0.05, 0.1) is 6.04 Å². The van der Waals surface area contributed by atoms with Crippen LogP contribution in [-0.2, 0) is 4.79 Å². The molecule has 0 radical (unpaired) electrons. The van der Waals surface area contributed by atoms with E-state index in [1.165, 1.54) is 0 Å². The topological polar surface area (TPSA) is 49.3 Å². The van der Waals surface area contributed by atoms with Crippen LogP contribution in [0.2, 0.25) is 5.02 Å². The molecule has 0 saturated carbocycles. The number of aliphatic carboxylic acids is 1. The lowest BCUT2D eigenvalue weighted by atomic mass is 10.0. The van der Waals surface area contributed by atoms with Gasteiger partial charge in [0, 0.05) is 16.8 Å². The van der Waals surface area contributed by atoms with Gasteiger partial charge < -0.3 is 10.4 Å². The van der Waals surface area contributed by atoms with Crippen molar-refractivity contribution in [3.8, 4) is 0 Å². The molecule has 1 atom stereocenters. The lowest BCUT2D eigenvalue weighted by Gasteiger charge is -2.19. The van der Waals surface area contributed by atoms with Crippen LogP contribution in [0.25, 0.3) is 0 Å². The van der Waals surface area contributed by atoms with Gasteiger partial charge in [0.1, 0.15) is 0 Å². The summed E-state index contributed by atoms with van der Waals surface area (Å²) < 4.78 is 0. The lowest BCUT2D eigenvalue weighted by molar-refractivity contribution is -0.131. The van der Waals surface area contributed by atoms with Crippen LogP contribution < -0.4 is 5.32 Å². The first-order chi connectivity index (χ1) is 10.1. The lowest BCUT2D eigenvalue weighted by Crippen LogP contribution is -2.10. The van der Waals surface area contributed by atoms with Crippen LogP contribution in [0.5, 0.6) is 0 Å². The van der Waals surface area contributed by atoms with Crippen LogP contribution in [0.3, 0.4) is 0 Å². The predicted molar refractivity (Wildman–Crippen MR) is 85.7 cm³/mol. The Labute approximate surface area is 128 Å². The van der Waals surface area contributed by atoms with E-state index >= 15 is 0 Å². The van der Waals surface area contributed by atoms with Crippen LogP contribution in [0, 0.1) is 0 Å². The molecule has 0 bridgehead atoms. The highest BCUT2D eigenvalue weighted by atomic mass is 35.5. The number of hydrogen-bond donors (Lipinski definition) is 2. The SMILES string of the molecule is O=C(O)/C=C/CC(Nc1ccccc1)c1ccc(Cl)cc1. The Morgan fingerprint density at radius 1 is 1.14 bits per heavy atom. The predicted octanol–water partition coefficient (Wildman–Crippen LogP) is 4.52.